The summed E-state index contributed by atoms with van der Waals surface area (Å²) in [4.78, 5) is 0. The molecule has 0 aliphatic heterocycles. The van der Waals surface area contributed by atoms with Gasteiger partial charge in [-0.15, -0.1) is 0 Å². The van der Waals surface area contributed by atoms with Crippen LogP contribution in [-0.4, -0.2) is 5.11 Å². The number of benzene rings is 2. The van der Waals surface area contributed by atoms with Crippen LogP contribution in [-0.2, 0) is 0 Å². The first-order valence-corrected chi connectivity index (χ1v) is 7.58. The van der Waals surface area contributed by atoms with Crippen molar-refractivity contribution in [2.24, 2.45) is 0 Å². The second-order valence-electron chi connectivity index (χ2n) is 5.55. The van der Waals surface area contributed by atoms with Crippen molar-refractivity contribution in [3.8, 4) is 0 Å². The highest BCUT2D eigenvalue weighted by Gasteiger charge is 2.07. The van der Waals surface area contributed by atoms with Gasteiger partial charge in [0.15, 0.2) is 5.11 Å². The molecule has 0 radical (unpaired) electrons. The highest BCUT2D eigenvalue weighted by molar-refractivity contribution is 7.80. The molecule has 0 saturated carbocycles. The first kappa shape index (κ1) is 15.5. The Kier molecular flexibility index (Phi) is 4.97. The molecule has 2 nitrogen and oxygen atoms in total. The fourth-order valence-corrected chi connectivity index (χ4v) is 2.53. The van der Waals surface area contributed by atoms with E-state index in [0.29, 0.717) is 5.11 Å². The first-order valence-electron chi connectivity index (χ1n) is 7.17. The van der Waals surface area contributed by atoms with Gasteiger partial charge in [-0.3, -0.25) is 0 Å². The molecular weight excluding hydrogens is 276 g/mol. The molecular formula is C18H22N2S. The minimum absolute atomic E-state index is 0.177. The molecule has 110 valence electrons. The Morgan fingerprint density at radius 1 is 0.952 bits per heavy atom. The number of hydrogen-bond acceptors (Lipinski definition) is 1. The summed E-state index contributed by atoms with van der Waals surface area (Å²) in [6, 6.07) is 15.0. The summed E-state index contributed by atoms with van der Waals surface area (Å²) in [6.07, 6.45) is 0. The van der Waals surface area contributed by atoms with Crippen LogP contribution in [0.2, 0.25) is 0 Å². The third-order valence-electron chi connectivity index (χ3n) is 3.56. The highest BCUT2D eigenvalue weighted by atomic mass is 32.1. The Morgan fingerprint density at radius 3 is 2.19 bits per heavy atom. The van der Waals surface area contributed by atoms with E-state index in [0.717, 1.165) is 5.69 Å². The predicted octanol–water partition coefficient (Wildman–Crippen LogP) is 4.66. The quantitative estimate of drug-likeness (QED) is 0.806. The molecule has 3 heteroatoms. The normalized spacial score (nSPS) is 11.8. The monoisotopic (exact) mass is 298 g/mol. The van der Waals surface area contributed by atoms with Gasteiger partial charge in [0.25, 0.3) is 0 Å². The van der Waals surface area contributed by atoms with Crippen molar-refractivity contribution < 1.29 is 0 Å². The van der Waals surface area contributed by atoms with E-state index in [1.807, 2.05) is 0 Å². The van der Waals surface area contributed by atoms with Gasteiger partial charge < -0.3 is 10.6 Å². The molecule has 2 aromatic carbocycles. The lowest BCUT2D eigenvalue weighted by atomic mass is 10.1. The molecule has 0 heterocycles. The Balaban J connectivity index is 1.99. The predicted molar refractivity (Wildman–Crippen MR) is 94.9 cm³/mol. The Labute approximate surface area is 132 Å². The van der Waals surface area contributed by atoms with Gasteiger partial charge in [-0.1, -0.05) is 47.5 Å². The second-order valence-corrected chi connectivity index (χ2v) is 5.96. The van der Waals surface area contributed by atoms with Crippen LogP contribution >= 0.6 is 12.2 Å². The Hall–Kier alpha value is -1.87. The van der Waals surface area contributed by atoms with Crippen LogP contribution in [0.15, 0.2) is 42.5 Å². The van der Waals surface area contributed by atoms with Crippen LogP contribution in [0.5, 0.6) is 0 Å². The maximum Gasteiger partial charge on any atom is 0.171 e. The van der Waals surface area contributed by atoms with E-state index in [1.54, 1.807) is 0 Å². The molecule has 0 amide bonds. The third kappa shape index (κ3) is 4.30. The van der Waals surface area contributed by atoms with Crippen LogP contribution < -0.4 is 10.6 Å². The van der Waals surface area contributed by atoms with Crippen molar-refractivity contribution in [1.82, 2.24) is 5.32 Å². The molecule has 0 fully saturated rings. The van der Waals surface area contributed by atoms with E-state index in [2.05, 4.69) is 80.8 Å². The van der Waals surface area contributed by atoms with Crippen molar-refractivity contribution >= 4 is 23.0 Å². The van der Waals surface area contributed by atoms with Crippen LogP contribution in [0.1, 0.15) is 35.2 Å². The molecule has 1 unspecified atom stereocenters. The van der Waals surface area contributed by atoms with Gasteiger partial charge >= 0.3 is 0 Å². The number of rotatable bonds is 3. The number of thiocarbonyl (C=S) groups is 1. The van der Waals surface area contributed by atoms with E-state index in [9.17, 15) is 0 Å². The average molecular weight is 298 g/mol. The average Bonchev–Trinajstić information content (AvgIpc) is 2.42. The Bertz CT molecular complexity index is 632. The van der Waals surface area contributed by atoms with Crippen LogP contribution in [0.25, 0.3) is 0 Å². The minimum atomic E-state index is 0.177. The zero-order valence-corrected chi connectivity index (χ0v) is 13.8. The van der Waals surface area contributed by atoms with Gasteiger partial charge in [-0.05, 0) is 57.1 Å². The summed E-state index contributed by atoms with van der Waals surface area (Å²) in [5.41, 5.74) is 5.99. The zero-order chi connectivity index (χ0) is 15.4. The van der Waals surface area contributed by atoms with Gasteiger partial charge in [0.2, 0.25) is 0 Å². The summed E-state index contributed by atoms with van der Waals surface area (Å²) < 4.78 is 0. The van der Waals surface area contributed by atoms with Crippen molar-refractivity contribution in [2.45, 2.75) is 33.7 Å². The van der Waals surface area contributed by atoms with E-state index in [1.165, 1.54) is 22.3 Å². The summed E-state index contributed by atoms with van der Waals surface area (Å²) in [5.74, 6) is 0. The van der Waals surface area contributed by atoms with Crippen molar-refractivity contribution in [2.75, 3.05) is 5.32 Å². The molecule has 2 N–H and O–H groups in total. The first-order chi connectivity index (χ1) is 9.95. The molecule has 1 atom stereocenters. The van der Waals surface area contributed by atoms with Crippen LogP contribution in [0, 0.1) is 20.8 Å². The summed E-state index contributed by atoms with van der Waals surface area (Å²) in [6.45, 7) is 8.38. The summed E-state index contributed by atoms with van der Waals surface area (Å²) in [5, 5.41) is 7.24. The zero-order valence-electron chi connectivity index (χ0n) is 13.0. The van der Waals surface area contributed by atoms with Crippen LogP contribution in [0.4, 0.5) is 5.69 Å². The van der Waals surface area contributed by atoms with E-state index in [-0.39, 0.29) is 6.04 Å². The topological polar surface area (TPSA) is 24.1 Å². The van der Waals surface area contributed by atoms with E-state index in [4.69, 9.17) is 12.2 Å². The minimum Gasteiger partial charge on any atom is -0.356 e. The van der Waals surface area contributed by atoms with Gasteiger partial charge in [0.05, 0.1) is 6.04 Å². The third-order valence-corrected chi connectivity index (χ3v) is 3.77. The lowest BCUT2D eigenvalue weighted by Gasteiger charge is -2.18. The van der Waals surface area contributed by atoms with Crippen molar-refractivity contribution in [3.05, 3.63) is 64.7 Å². The molecule has 2 aromatic rings. The molecule has 0 aromatic heterocycles. The maximum atomic E-state index is 5.41. The van der Waals surface area contributed by atoms with Gasteiger partial charge in [0.1, 0.15) is 0 Å². The standard InChI is InChI=1S/C18H22N2S/c1-12-5-8-16(9-6-12)15(4)19-18(21)20-17-10-7-13(2)11-14(17)3/h5-11,15H,1-4H3,(H2,19,20,21). The highest BCUT2D eigenvalue weighted by Crippen LogP contribution is 2.17. The van der Waals surface area contributed by atoms with Crippen molar-refractivity contribution in [3.63, 3.8) is 0 Å². The molecule has 0 aliphatic rings. The smallest absolute Gasteiger partial charge is 0.171 e. The molecule has 0 spiro atoms. The Morgan fingerprint density at radius 2 is 1.57 bits per heavy atom. The molecule has 0 bridgehead atoms. The largest absolute Gasteiger partial charge is 0.356 e. The van der Waals surface area contributed by atoms with Crippen LogP contribution in [0.3, 0.4) is 0 Å². The van der Waals surface area contributed by atoms with Gasteiger partial charge in [0, 0.05) is 5.69 Å². The maximum absolute atomic E-state index is 5.41. The lowest BCUT2D eigenvalue weighted by molar-refractivity contribution is 0.722. The summed E-state index contributed by atoms with van der Waals surface area (Å²) >= 11 is 5.41. The SMILES string of the molecule is Cc1ccc(C(C)NC(=S)Nc2ccc(C)cc2C)cc1. The summed E-state index contributed by atoms with van der Waals surface area (Å²) in [7, 11) is 0. The lowest BCUT2D eigenvalue weighted by Crippen LogP contribution is -2.31. The number of aryl methyl sites for hydroxylation is 3. The fourth-order valence-electron chi connectivity index (χ4n) is 2.25. The number of anilines is 1. The van der Waals surface area contributed by atoms with Gasteiger partial charge in [-0.25, -0.2) is 0 Å². The van der Waals surface area contributed by atoms with E-state index < -0.39 is 0 Å². The molecule has 0 aliphatic carbocycles. The van der Waals surface area contributed by atoms with Crippen molar-refractivity contribution in [1.29, 1.82) is 0 Å². The molecule has 0 saturated heterocycles. The number of nitrogens with one attached hydrogen (secondary N) is 2. The fraction of sp³-hybridized carbons (Fsp3) is 0.278. The molecule has 21 heavy (non-hydrogen) atoms. The molecule has 2 rings (SSSR count). The van der Waals surface area contributed by atoms with Gasteiger partial charge in [-0.2, -0.15) is 0 Å². The number of hydrogen-bond donors (Lipinski definition) is 2. The second kappa shape index (κ2) is 6.72. The van der Waals surface area contributed by atoms with E-state index >= 15 is 0 Å².